The minimum atomic E-state index is -0.858. The zero-order valence-corrected chi connectivity index (χ0v) is 29.2. The predicted molar refractivity (Wildman–Crippen MR) is 178 cm³/mol. The highest BCUT2D eigenvalue weighted by Gasteiger charge is 2.62. The Labute approximate surface area is 273 Å². The fourth-order valence-corrected chi connectivity index (χ4v) is 10.8. The molecule has 5 aliphatic carbocycles. The fraction of sp³-hybridized carbons (Fsp3) is 0.600. The molecule has 4 unspecified atom stereocenters. The van der Waals surface area contributed by atoms with Crippen LogP contribution in [0, 0.1) is 34.0 Å². The molecule has 0 bridgehead atoms. The Kier molecular flexibility index (Phi) is 7.18. The van der Waals surface area contributed by atoms with E-state index in [1.807, 2.05) is 41.5 Å². The zero-order valence-electron chi connectivity index (χ0n) is 29.2. The third-order valence-electron chi connectivity index (χ3n) is 12.6. The third-order valence-corrected chi connectivity index (χ3v) is 12.6. The van der Waals surface area contributed by atoms with Crippen LogP contribution in [-0.4, -0.2) is 33.3 Å². The highest BCUT2D eigenvalue weighted by molar-refractivity contribution is 6.51. The van der Waals surface area contributed by atoms with Gasteiger partial charge in [0.25, 0.3) is 0 Å². The molecule has 46 heavy (non-hydrogen) atoms. The number of benzene rings is 1. The first-order valence-electron chi connectivity index (χ1n) is 17.2. The Balaban J connectivity index is 1.85. The molecular formula is C40H50O6. The highest BCUT2D eigenvalue weighted by Crippen LogP contribution is 2.65. The summed E-state index contributed by atoms with van der Waals surface area (Å²) < 4.78 is 0. The molecule has 0 spiro atoms. The van der Waals surface area contributed by atoms with E-state index < -0.39 is 45.1 Å². The molecule has 5 aliphatic rings. The van der Waals surface area contributed by atoms with Crippen molar-refractivity contribution in [3.8, 4) is 11.5 Å². The van der Waals surface area contributed by atoms with Crippen LogP contribution in [0.5, 0.6) is 11.5 Å². The number of fused-ring (bicyclic) bond motifs is 5. The first kappa shape index (κ1) is 32.7. The van der Waals surface area contributed by atoms with Crippen molar-refractivity contribution in [1.29, 1.82) is 0 Å². The molecule has 4 atom stereocenters. The predicted octanol–water partition coefficient (Wildman–Crippen LogP) is 8.09. The highest BCUT2D eigenvalue weighted by atomic mass is 16.3. The van der Waals surface area contributed by atoms with Gasteiger partial charge in [0.2, 0.25) is 11.6 Å². The zero-order chi connectivity index (χ0) is 34.0. The molecule has 0 amide bonds. The standard InChI is InChI=1S/C40H50O6/c1-19(2)21-17-23-25(31(43)35-37(5,6)13-11-15-39(35,9)27(23)33(45)29(21)41)26-24-18-22(20(3)4)30(42)34(46)28(24)40(10)16-12-14-38(7,8)36(40)32(26)44/h17-20,35-36,41,45H,11-16H2,1-10H3. The monoisotopic (exact) mass is 626 g/mol. The first-order valence-corrected chi connectivity index (χ1v) is 17.2. The lowest BCUT2D eigenvalue weighted by Gasteiger charge is -2.56. The van der Waals surface area contributed by atoms with Gasteiger partial charge in [-0.15, -0.1) is 0 Å². The number of carbonyl (C=O) groups excluding carboxylic acids is 4. The topological polar surface area (TPSA) is 109 Å². The molecule has 1 aromatic carbocycles. The molecule has 6 heteroatoms. The van der Waals surface area contributed by atoms with Gasteiger partial charge in [0.1, 0.15) is 0 Å². The van der Waals surface area contributed by atoms with E-state index in [0.717, 1.165) is 25.7 Å². The maximum atomic E-state index is 15.4. The van der Waals surface area contributed by atoms with Crippen molar-refractivity contribution in [2.24, 2.45) is 34.0 Å². The van der Waals surface area contributed by atoms with E-state index in [4.69, 9.17) is 0 Å². The molecular weight excluding hydrogens is 576 g/mol. The Hall–Kier alpha value is -3.28. The van der Waals surface area contributed by atoms with Gasteiger partial charge in [-0.05, 0) is 71.6 Å². The molecule has 2 saturated carbocycles. The summed E-state index contributed by atoms with van der Waals surface area (Å²) >= 11 is 0. The summed E-state index contributed by atoms with van der Waals surface area (Å²) in [7, 11) is 0. The number of phenolic OH excluding ortho intramolecular Hbond substituents is 2. The maximum absolute atomic E-state index is 15.4. The average Bonchev–Trinajstić information content (AvgIpc) is 2.91. The Morgan fingerprint density at radius 2 is 1.20 bits per heavy atom. The van der Waals surface area contributed by atoms with E-state index in [9.17, 15) is 19.8 Å². The van der Waals surface area contributed by atoms with Crippen LogP contribution in [0.4, 0.5) is 0 Å². The van der Waals surface area contributed by atoms with Gasteiger partial charge in [0.15, 0.2) is 23.1 Å². The Morgan fingerprint density at radius 1 is 0.674 bits per heavy atom. The van der Waals surface area contributed by atoms with E-state index in [-0.39, 0.29) is 46.0 Å². The molecule has 0 aromatic heterocycles. The summed E-state index contributed by atoms with van der Waals surface area (Å²) in [5, 5.41) is 23.2. The van der Waals surface area contributed by atoms with Crippen molar-refractivity contribution in [3.63, 3.8) is 0 Å². The van der Waals surface area contributed by atoms with Gasteiger partial charge < -0.3 is 10.2 Å². The van der Waals surface area contributed by atoms with Crippen molar-refractivity contribution < 1.29 is 29.4 Å². The number of rotatable bonds is 2. The molecule has 0 saturated heterocycles. The normalized spacial score (nSPS) is 33.5. The second-order valence-corrected chi connectivity index (χ2v) is 17.3. The van der Waals surface area contributed by atoms with Crippen molar-refractivity contribution in [1.82, 2.24) is 0 Å². The second kappa shape index (κ2) is 10.1. The van der Waals surface area contributed by atoms with Gasteiger partial charge in [-0.3, -0.25) is 19.2 Å². The number of phenols is 2. The first-order chi connectivity index (χ1) is 21.2. The van der Waals surface area contributed by atoms with Crippen molar-refractivity contribution >= 4 is 28.7 Å². The largest absolute Gasteiger partial charge is 0.504 e. The number of allylic oxidation sites excluding steroid dienone is 6. The Morgan fingerprint density at radius 3 is 1.74 bits per heavy atom. The lowest BCUT2D eigenvalue weighted by molar-refractivity contribution is -0.137. The lowest BCUT2D eigenvalue weighted by Crippen LogP contribution is -2.55. The molecule has 6 rings (SSSR count). The van der Waals surface area contributed by atoms with Gasteiger partial charge >= 0.3 is 0 Å². The SMILES string of the molecule is CC(C)C1=CC2=C(C(=O)C1=O)C1(C)CCCC(C)(C)C1C(=O)C2=C1C(=O)C2C(C)(C)CCCC2(C)c2c1cc(C(C)C)c(O)c2O. The van der Waals surface area contributed by atoms with E-state index in [0.29, 0.717) is 46.3 Å². The molecule has 246 valence electrons. The molecule has 0 aliphatic heterocycles. The second-order valence-electron chi connectivity index (χ2n) is 17.3. The summed E-state index contributed by atoms with van der Waals surface area (Å²) in [5.74, 6) is -3.46. The minimum absolute atomic E-state index is 0.157. The molecule has 6 nitrogen and oxygen atoms in total. The summed E-state index contributed by atoms with van der Waals surface area (Å²) in [6, 6.07) is 1.80. The van der Waals surface area contributed by atoms with Crippen LogP contribution in [-0.2, 0) is 24.6 Å². The summed E-state index contributed by atoms with van der Waals surface area (Å²) in [6.07, 6.45) is 6.23. The molecule has 1 aromatic rings. The molecule has 2 fully saturated rings. The fourth-order valence-electron chi connectivity index (χ4n) is 10.8. The smallest absolute Gasteiger partial charge is 0.230 e. The van der Waals surface area contributed by atoms with E-state index >= 15 is 9.59 Å². The number of hydrogen-bond donors (Lipinski definition) is 2. The number of carbonyl (C=O) groups is 4. The van der Waals surface area contributed by atoms with Crippen molar-refractivity contribution in [2.75, 3.05) is 0 Å². The molecule has 0 radical (unpaired) electrons. The molecule has 2 N–H and O–H groups in total. The van der Waals surface area contributed by atoms with E-state index in [2.05, 4.69) is 27.7 Å². The van der Waals surface area contributed by atoms with Crippen molar-refractivity contribution in [3.05, 3.63) is 51.1 Å². The number of aromatic hydroxyl groups is 2. The Bertz CT molecular complexity index is 1730. The van der Waals surface area contributed by atoms with Gasteiger partial charge in [-0.2, -0.15) is 0 Å². The summed E-state index contributed by atoms with van der Waals surface area (Å²) in [6.45, 7) is 19.8. The third kappa shape index (κ3) is 4.13. The molecule has 0 heterocycles. The minimum Gasteiger partial charge on any atom is -0.504 e. The summed E-state index contributed by atoms with van der Waals surface area (Å²) in [5.41, 5.74) is 0.429. The quantitative estimate of drug-likeness (QED) is 0.149. The van der Waals surface area contributed by atoms with Crippen LogP contribution < -0.4 is 0 Å². The maximum Gasteiger partial charge on any atom is 0.230 e. The number of Topliss-reactive ketones (excluding diaryl/α,β-unsaturated/α-hetero) is 4. The van der Waals surface area contributed by atoms with Crippen LogP contribution in [0.2, 0.25) is 0 Å². The van der Waals surface area contributed by atoms with Gasteiger partial charge in [-0.1, -0.05) is 82.1 Å². The van der Waals surface area contributed by atoms with E-state index in [1.165, 1.54) is 0 Å². The van der Waals surface area contributed by atoms with Crippen LogP contribution in [0.25, 0.3) is 5.57 Å². The van der Waals surface area contributed by atoms with Gasteiger partial charge in [-0.25, -0.2) is 0 Å². The summed E-state index contributed by atoms with van der Waals surface area (Å²) in [4.78, 5) is 58.7. The van der Waals surface area contributed by atoms with Gasteiger partial charge in [0.05, 0.1) is 0 Å². The van der Waals surface area contributed by atoms with Gasteiger partial charge in [0, 0.05) is 56.1 Å². The van der Waals surface area contributed by atoms with Crippen LogP contribution >= 0.6 is 0 Å². The lowest BCUT2D eigenvalue weighted by atomic mass is 9.45. The number of hydrogen-bond acceptors (Lipinski definition) is 6. The average molecular weight is 627 g/mol. The van der Waals surface area contributed by atoms with Crippen LogP contribution in [0.15, 0.2) is 34.4 Å². The van der Waals surface area contributed by atoms with Crippen molar-refractivity contribution in [2.45, 2.75) is 119 Å². The van der Waals surface area contributed by atoms with Crippen LogP contribution in [0.3, 0.4) is 0 Å². The number of ketones is 4. The van der Waals surface area contributed by atoms with Crippen LogP contribution in [0.1, 0.15) is 130 Å². The van der Waals surface area contributed by atoms with E-state index in [1.54, 1.807) is 12.1 Å².